The highest BCUT2D eigenvalue weighted by atomic mass is 32.2. The minimum absolute atomic E-state index is 0.759. The highest BCUT2D eigenvalue weighted by molar-refractivity contribution is 8.14. The molecule has 0 aliphatic heterocycles. The molecule has 0 saturated heterocycles. The maximum Gasteiger partial charge on any atom is 0.153 e. The summed E-state index contributed by atoms with van der Waals surface area (Å²) in [7, 11) is 0. The summed E-state index contributed by atoms with van der Waals surface area (Å²) in [5, 5.41) is 1.52. The van der Waals surface area contributed by atoms with Gasteiger partial charge in [-0.25, -0.2) is 0 Å². The van der Waals surface area contributed by atoms with Gasteiger partial charge in [-0.2, -0.15) is 0 Å². The van der Waals surface area contributed by atoms with Gasteiger partial charge in [-0.15, -0.1) is 0 Å². The lowest BCUT2D eigenvalue weighted by Crippen LogP contribution is -2.08. The van der Waals surface area contributed by atoms with Crippen LogP contribution in [0.15, 0.2) is 9.98 Å². The molecule has 0 aliphatic carbocycles. The van der Waals surface area contributed by atoms with Crippen LogP contribution in [0.3, 0.4) is 0 Å². The van der Waals surface area contributed by atoms with Crippen LogP contribution in [-0.4, -0.2) is 34.9 Å². The van der Waals surface area contributed by atoms with Crippen molar-refractivity contribution in [1.29, 1.82) is 0 Å². The molecule has 0 bridgehead atoms. The van der Waals surface area contributed by atoms with Crippen LogP contribution in [0.1, 0.15) is 90.9 Å². The average Bonchev–Trinajstić information content (AvgIpc) is 2.63. The van der Waals surface area contributed by atoms with Gasteiger partial charge in [0.05, 0.1) is 0 Å². The first-order valence-electron chi connectivity index (χ1n) is 10.6. The smallest absolute Gasteiger partial charge is 0.153 e. The van der Waals surface area contributed by atoms with Gasteiger partial charge in [0.1, 0.15) is 0 Å². The Hall–Kier alpha value is -0.360. The van der Waals surface area contributed by atoms with Gasteiger partial charge in [0.25, 0.3) is 0 Å². The van der Waals surface area contributed by atoms with Gasteiger partial charge >= 0.3 is 0 Å². The van der Waals surface area contributed by atoms with Crippen molar-refractivity contribution < 1.29 is 0 Å². The summed E-state index contributed by atoms with van der Waals surface area (Å²) < 4.78 is 0. The fourth-order valence-electron chi connectivity index (χ4n) is 2.46. The monoisotopic (exact) mass is 402 g/mol. The molecule has 4 nitrogen and oxygen atoms in total. The van der Waals surface area contributed by atoms with E-state index in [0.29, 0.717) is 0 Å². The average molecular weight is 403 g/mol. The normalized spacial score (nSPS) is 12.7. The second kappa shape index (κ2) is 20.9. The molecule has 0 saturated carbocycles. The third-order valence-corrected chi connectivity index (χ3v) is 5.93. The van der Waals surface area contributed by atoms with Crippen LogP contribution in [0.2, 0.25) is 0 Å². The molecule has 154 valence electrons. The SMILES string of the molecule is CCCCCCSC(N)=NCCCCCCN=C(N)SCCCCCC. The van der Waals surface area contributed by atoms with Crippen molar-refractivity contribution in [2.24, 2.45) is 21.5 Å². The molecule has 0 heterocycles. The quantitative estimate of drug-likeness (QED) is 0.183. The summed E-state index contributed by atoms with van der Waals surface area (Å²) in [6.07, 6.45) is 14.9. The first-order chi connectivity index (χ1) is 12.7. The van der Waals surface area contributed by atoms with Crippen molar-refractivity contribution in [2.45, 2.75) is 90.9 Å². The minimum Gasteiger partial charge on any atom is -0.379 e. The van der Waals surface area contributed by atoms with Gasteiger partial charge < -0.3 is 11.5 Å². The number of amidine groups is 2. The van der Waals surface area contributed by atoms with Gasteiger partial charge in [0.2, 0.25) is 0 Å². The van der Waals surface area contributed by atoms with E-state index in [4.69, 9.17) is 11.5 Å². The Morgan fingerprint density at radius 1 is 0.577 bits per heavy atom. The lowest BCUT2D eigenvalue weighted by Gasteiger charge is -2.02. The number of hydrogen-bond acceptors (Lipinski definition) is 4. The summed E-state index contributed by atoms with van der Waals surface area (Å²) >= 11 is 3.41. The fraction of sp³-hybridized carbons (Fsp3) is 0.900. The fourth-order valence-corrected chi connectivity index (χ4v) is 3.94. The highest BCUT2D eigenvalue weighted by Crippen LogP contribution is 2.09. The molecule has 0 aliphatic rings. The molecule has 0 amide bonds. The molecule has 0 unspecified atom stereocenters. The number of nitrogens with zero attached hydrogens (tertiary/aromatic N) is 2. The predicted octanol–water partition coefficient (Wildman–Crippen LogP) is 5.80. The Bertz CT molecular complexity index is 326. The summed E-state index contributed by atoms with van der Waals surface area (Å²) in [5.41, 5.74) is 11.9. The Labute approximate surface area is 170 Å². The molecule has 4 N–H and O–H groups in total. The van der Waals surface area contributed by atoms with E-state index in [0.717, 1.165) is 47.8 Å². The zero-order valence-electron chi connectivity index (χ0n) is 17.2. The number of nitrogens with two attached hydrogens (primary N) is 2. The number of thioether (sulfide) groups is 2. The van der Waals surface area contributed by atoms with E-state index in [9.17, 15) is 0 Å². The molecule has 0 rings (SSSR count). The molecular formula is C20H42N4S2. The van der Waals surface area contributed by atoms with Crippen molar-refractivity contribution in [2.75, 3.05) is 24.6 Å². The number of aliphatic imine (C=N–C) groups is 2. The Balaban J connectivity index is 3.43. The molecular weight excluding hydrogens is 360 g/mol. The van der Waals surface area contributed by atoms with E-state index >= 15 is 0 Å². The maximum absolute atomic E-state index is 5.93. The third-order valence-electron chi connectivity index (χ3n) is 4.10. The lowest BCUT2D eigenvalue weighted by atomic mass is 10.2. The molecule has 26 heavy (non-hydrogen) atoms. The van der Waals surface area contributed by atoms with Crippen molar-refractivity contribution >= 4 is 33.9 Å². The molecule has 0 aromatic rings. The molecule has 6 heteroatoms. The zero-order valence-corrected chi connectivity index (χ0v) is 18.8. The number of unbranched alkanes of at least 4 members (excludes halogenated alkanes) is 9. The van der Waals surface area contributed by atoms with E-state index < -0.39 is 0 Å². The number of hydrogen-bond donors (Lipinski definition) is 2. The molecule has 0 atom stereocenters. The van der Waals surface area contributed by atoms with Crippen molar-refractivity contribution in [3.63, 3.8) is 0 Å². The molecule has 0 fully saturated rings. The van der Waals surface area contributed by atoms with Crippen molar-refractivity contribution in [3.8, 4) is 0 Å². The minimum atomic E-state index is 0.759. The van der Waals surface area contributed by atoms with Crippen molar-refractivity contribution in [1.82, 2.24) is 0 Å². The van der Waals surface area contributed by atoms with Crippen LogP contribution in [0, 0.1) is 0 Å². The van der Waals surface area contributed by atoms with E-state index in [1.54, 1.807) is 23.5 Å². The highest BCUT2D eigenvalue weighted by Gasteiger charge is 1.96. The Morgan fingerprint density at radius 2 is 0.962 bits per heavy atom. The lowest BCUT2D eigenvalue weighted by molar-refractivity contribution is 0.654. The molecule has 0 aromatic heterocycles. The van der Waals surface area contributed by atoms with Crippen molar-refractivity contribution in [3.05, 3.63) is 0 Å². The van der Waals surface area contributed by atoms with E-state index in [1.165, 1.54) is 64.2 Å². The van der Waals surface area contributed by atoms with Crippen LogP contribution in [0.25, 0.3) is 0 Å². The summed E-state index contributed by atoms with van der Waals surface area (Å²) in [4.78, 5) is 8.90. The van der Waals surface area contributed by atoms with Crippen LogP contribution in [0.5, 0.6) is 0 Å². The van der Waals surface area contributed by atoms with Crippen LogP contribution >= 0.6 is 23.5 Å². The van der Waals surface area contributed by atoms with Crippen LogP contribution in [0.4, 0.5) is 0 Å². The topological polar surface area (TPSA) is 76.8 Å². The van der Waals surface area contributed by atoms with Gasteiger partial charge in [0, 0.05) is 24.6 Å². The van der Waals surface area contributed by atoms with E-state index in [2.05, 4.69) is 23.8 Å². The van der Waals surface area contributed by atoms with Crippen LogP contribution in [-0.2, 0) is 0 Å². The summed E-state index contributed by atoms with van der Waals surface area (Å²) in [6, 6.07) is 0. The third kappa shape index (κ3) is 20.0. The Morgan fingerprint density at radius 3 is 1.35 bits per heavy atom. The molecule has 0 spiro atoms. The summed E-state index contributed by atoms with van der Waals surface area (Å²) in [6.45, 7) is 6.18. The van der Waals surface area contributed by atoms with Gasteiger partial charge in [-0.1, -0.05) is 88.7 Å². The maximum atomic E-state index is 5.93. The first-order valence-corrected chi connectivity index (χ1v) is 12.5. The molecule has 0 aromatic carbocycles. The zero-order chi connectivity index (χ0) is 19.3. The van der Waals surface area contributed by atoms with Gasteiger partial charge in [-0.3, -0.25) is 9.98 Å². The summed E-state index contributed by atoms with van der Waals surface area (Å²) in [5.74, 6) is 2.21. The van der Waals surface area contributed by atoms with E-state index in [-0.39, 0.29) is 0 Å². The predicted molar refractivity (Wildman–Crippen MR) is 125 cm³/mol. The Kier molecular flexibility index (Phi) is 20.7. The second-order valence-electron chi connectivity index (χ2n) is 6.67. The first kappa shape index (κ1) is 25.6. The largest absolute Gasteiger partial charge is 0.379 e. The standard InChI is InChI=1S/C20H42N4S2/c1-3-5-7-13-17-25-19(21)23-15-11-9-10-12-16-24-20(22)26-18-14-8-6-4-2/h3-18H2,1-2H3,(H2,21,23)(H2,22,24). The number of rotatable bonds is 17. The second-order valence-corrected chi connectivity index (χ2v) is 8.90. The molecule has 0 radical (unpaired) electrons. The van der Waals surface area contributed by atoms with Gasteiger partial charge in [0.15, 0.2) is 10.3 Å². The van der Waals surface area contributed by atoms with E-state index in [1.807, 2.05) is 0 Å². The van der Waals surface area contributed by atoms with Crippen LogP contribution < -0.4 is 11.5 Å². The van der Waals surface area contributed by atoms with Gasteiger partial charge in [-0.05, 0) is 25.7 Å².